The normalized spacial score (nSPS) is 11.6. The minimum Gasteiger partial charge on any atom is -0.494 e. The smallest absolute Gasteiger partial charge is 0.193 e. The highest BCUT2D eigenvalue weighted by molar-refractivity contribution is 6.10. The summed E-state index contributed by atoms with van der Waals surface area (Å²) in [5.74, 6) is 1.67. The molecule has 0 aliphatic rings. The van der Waals surface area contributed by atoms with Crippen molar-refractivity contribution in [2.24, 2.45) is 0 Å². The number of hydrogen-bond acceptors (Lipinski definition) is 3. The van der Waals surface area contributed by atoms with Crippen LogP contribution in [0, 0.1) is 0 Å². The van der Waals surface area contributed by atoms with E-state index in [1.807, 2.05) is 48.5 Å². The Morgan fingerprint density at radius 3 is 1.06 bits per heavy atom. The van der Waals surface area contributed by atoms with E-state index in [9.17, 15) is 4.79 Å². The lowest BCUT2D eigenvalue weighted by molar-refractivity contribution is 0.103. The van der Waals surface area contributed by atoms with Crippen LogP contribution in [0.1, 0.15) is 155 Å². The molecule has 0 saturated heterocycles. The van der Waals surface area contributed by atoms with E-state index in [1.165, 1.54) is 170 Å². The lowest BCUT2D eigenvalue weighted by Gasteiger charge is -2.09. The predicted molar refractivity (Wildman–Crippen MR) is 279 cm³/mol. The summed E-state index contributed by atoms with van der Waals surface area (Å²) >= 11 is 0. The highest BCUT2D eigenvalue weighted by Gasteiger charge is 2.11. The van der Waals surface area contributed by atoms with Crippen molar-refractivity contribution in [1.82, 2.24) is 9.97 Å². The topological polar surface area (TPSA) is 67.1 Å². The van der Waals surface area contributed by atoms with Gasteiger partial charge in [-0.2, -0.15) is 0 Å². The zero-order valence-corrected chi connectivity index (χ0v) is 39.4. The molecule has 0 amide bonds. The summed E-state index contributed by atoms with van der Waals surface area (Å²) in [7, 11) is 0. The first-order chi connectivity index (χ1) is 32.7. The number of carbonyl (C=O) groups excluding carboxylic acids is 1. The van der Waals surface area contributed by atoms with Gasteiger partial charge in [-0.3, -0.25) is 4.79 Å². The summed E-state index contributed by atoms with van der Waals surface area (Å²) in [5.41, 5.74) is 9.36. The lowest BCUT2D eigenvalue weighted by Crippen LogP contribution is -2.03. The summed E-state index contributed by atoms with van der Waals surface area (Å²) < 4.78 is 12.0. The Labute approximate surface area is 393 Å². The third-order valence-corrected chi connectivity index (χ3v) is 13.7. The van der Waals surface area contributed by atoms with E-state index in [2.05, 4.69) is 94.9 Å². The van der Waals surface area contributed by atoms with Gasteiger partial charge in [0.2, 0.25) is 0 Å². The number of ketones is 1. The molecule has 0 saturated carbocycles. The molecule has 344 valence electrons. The molecule has 5 heteroatoms. The summed E-state index contributed by atoms with van der Waals surface area (Å²) in [5, 5.41) is 5.35. The summed E-state index contributed by atoms with van der Waals surface area (Å²) in [6, 6.07) is 45.9. The van der Waals surface area contributed by atoms with Crippen molar-refractivity contribution < 1.29 is 14.3 Å². The van der Waals surface area contributed by atoms with Gasteiger partial charge in [-0.25, -0.2) is 0 Å². The van der Waals surface area contributed by atoms with Crippen molar-refractivity contribution >= 4 is 49.4 Å². The second kappa shape index (κ2) is 25.2. The van der Waals surface area contributed by atoms with Crippen molar-refractivity contribution in [3.05, 3.63) is 156 Å². The quantitative estimate of drug-likeness (QED) is 0.0349. The predicted octanol–water partition coefficient (Wildman–Crippen LogP) is 17.2. The monoisotopic (exact) mass is 881 g/mol. The van der Waals surface area contributed by atoms with E-state index in [4.69, 9.17) is 9.47 Å². The average Bonchev–Trinajstić information content (AvgIpc) is 3.94. The van der Waals surface area contributed by atoms with Gasteiger partial charge >= 0.3 is 0 Å². The van der Waals surface area contributed by atoms with E-state index in [0.29, 0.717) is 24.3 Å². The number of rotatable bonds is 30. The van der Waals surface area contributed by atoms with Gasteiger partial charge in [0.05, 0.1) is 13.2 Å². The highest BCUT2D eigenvalue weighted by Crippen LogP contribution is 2.30. The number of H-pyrrole nitrogens is 2. The summed E-state index contributed by atoms with van der Waals surface area (Å²) in [6.45, 7) is 1.43. The fraction of sp³-hybridized carbons (Fsp3) is 0.393. The minimum absolute atomic E-state index is 0.0200. The molecule has 0 aliphatic heterocycles. The van der Waals surface area contributed by atoms with E-state index in [1.54, 1.807) is 0 Å². The number of carbonyl (C=O) groups is 1. The number of benzene rings is 6. The van der Waals surface area contributed by atoms with Gasteiger partial charge in [0.15, 0.2) is 5.78 Å². The molecule has 0 fully saturated rings. The number of aromatic amines is 2. The molecule has 0 radical (unpaired) electrons. The summed E-state index contributed by atoms with van der Waals surface area (Å²) in [4.78, 5) is 20.5. The van der Waals surface area contributed by atoms with E-state index < -0.39 is 0 Å². The molecule has 8 aromatic rings. The maximum atomic E-state index is 13.2. The lowest BCUT2D eigenvalue weighted by atomic mass is 10.0. The Balaban J connectivity index is 0.592. The van der Waals surface area contributed by atoms with Crippen LogP contribution in [0.15, 0.2) is 133 Å². The number of aryl methyl sites for hydroxylation is 2. The number of aromatic nitrogens is 2. The number of hydrogen-bond donors (Lipinski definition) is 2. The van der Waals surface area contributed by atoms with E-state index >= 15 is 0 Å². The van der Waals surface area contributed by atoms with Gasteiger partial charge in [0.1, 0.15) is 11.5 Å². The first-order valence-corrected chi connectivity index (χ1v) is 25.7. The molecular formula is C61H72N2O3. The zero-order chi connectivity index (χ0) is 45.0. The Bertz CT molecular complexity index is 2500. The molecule has 0 atom stereocenters. The number of nitrogens with one attached hydrogen (secondary N) is 2. The Morgan fingerprint density at radius 1 is 0.333 bits per heavy atom. The second-order valence-electron chi connectivity index (χ2n) is 18.7. The van der Waals surface area contributed by atoms with Crippen LogP contribution in [0.2, 0.25) is 0 Å². The fourth-order valence-electron chi connectivity index (χ4n) is 9.90. The Hall–Kier alpha value is -5.81. The minimum atomic E-state index is 0.0200. The molecule has 2 aromatic heterocycles. The van der Waals surface area contributed by atoms with Gasteiger partial charge in [-0.1, -0.05) is 176 Å². The Morgan fingerprint density at radius 2 is 0.667 bits per heavy atom. The largest absolute Gasteiger partial charge is 0.494 e. The number of ether oxygens (including phenoxy) is 2. The van der Waals surface area contributed by atoms with Gasteiger partial charge in [0, 0.05) is 54.7 Å². The number of para-hydroxylation sites is 4. The van der Waals surface area contributed by atoms with Crippen LogP contribution in [0.4, 0.5) is 0 Å². The molecule has 0 spiro atoms. The third kappa shape index (κ3) is 13.2. The molecule has 2 heterocycles. The SMILES string of the molecule is O=C(c1ccc(OCCCCCCCCCCCCc2cccc3c2[nH]c2ccccc23)cc1)c1ccc(OCCCCCCCCCCCCc2cccc3c2[nH]c2ccccc23)cc1. The molecule has 2 N–H and O–H groups in total. The third-order valence-electron chi connectivity index (χ3n) is 13.7. The van der Waals surface area contributed by atoms with Crippen LogP contribution in [0.3, 0.4) is 0 Å². The van der Waals surface area contributed by atoms with Crippen LogP contribution in [0.25, 0.3) is 43.6 Å². The van der Waals surface area contributed by atoms with Crippen molar-refractivity contribution in [3.8, 4) is 11.5 Å². The van der Waals surface area contributed by atoms with Crippen LogP contribution < -0.4 is 9.47 Å². The molecule has 0 unspecified atom stereocenters. The van der Waals surface area contributed by atoms with Crippen molar-refractivity contribution in [3.63, 3.8) is 0 Å². The molecule has 0 aliphatic carbocycles. The molecule has 8 rings (SSSR count). The van der Waals surface area contributed by atoms with Crippen LogP contribution in [-0.2, 0) is 12.8 Å². The zero-order valence-electron chi connectivity index (χ0n) is 39.4. The maximum absolute atomic E-state index is 13.2. The van der Waals surface area contributed by atoms with Crippen molar-refractivity contribution in [1.29, 1.82) is 0 Å². The van der Waals surface area contributed by atoms with Gasteiger partial charge in [-0.05, 0) is 110 Å². The Kier molecular flexibility index (Phi) is 17.8. The molecule has 66 heavy (non-hydrogen) atoms. The van der Waals surface area contributed by atoms with E-state index in [0.717, 1.165) is 37.2 Å². The van der Waals surface area contributed by atoms with Gasteiger partial charge in [-0.15, -0.1) is 0 Å². The first-order valence-electron chi connectivity index (χ1n) is 25.7. The summed E-state index contributed by atoms with van der Waals surface area (Å²) in [6.07, 6.45) is 27.8. The fourth-order valence-corrected chi connectivity index (χ4v) is 9.90. The second-order valence-corrected chi connectivity index (χ2v) is 18.7. The van der Waals surface area contributed by atoms with Crippen LogP contribution in [0.5, 0.6) is 11.5 Å². The average molecular weight is 881 g/mol. The van der Waals surface area contributed by atoms with Gasteiger partial charge < -0.3 is 19.4 Å². The van der Waals surface area contributed by atoms with E-state index in [-0.39, 0.29) is 5.78 Å². The van der Waals surface area contributed by atoms with Gasteiger partial charge in [0.25, 0.3) is 0 Å². The highest BCUT2D eigenvalue weighted by atomic mass is 16.5. The first kappa shape index (κ1) is 46.7. The molecule has 6 aromatic carbocycles. The van der Waals surface area contributed by atoms with Crippen molar-refractivity contribution in [2.75, 3.05) is 13.2 Å². The van der Waals surface area contributed by atoms with Crippen LogP contribution in [-0.4, -0.2) is 29.0 Å². The standard InChI is InChI=1S/C61H72N2O3/c64-61(49-37-41-51(42-38-49)65-45-23-15-11-7-3-1-5-9-13-17-27-47-29-25-33-55-53-31-19-21-35-57(53)62-59(47)55)50-39-43-52(44-40-50)66-46-24-16-12-8-4-2-6-10-14-18-28-48-30-26-34-56-54-32-20-22-36-58(54)63-60(48)56/h19-22,25-26,29-44,62-63H,1-18,23-24,27-28,45-46H2. The van der Waals surface area contributed by atoms with Crippen molar-refractivity contribution in [2.45, 2.75) is 141 Å². The van der Waals surface area contributed by atoms with Crippen LogP contribution >= 0.6 is 0 Å². The maximum Gasteiger partial charge on any atom is 0.193 e. The molecule has 0 bridgehead atoms. The number of fused-ring (bicyclic) bond motifs is 6. The molecule has 5 nitrogen and oxygen atoms in total. The molecular weight excluding hydrogens is 809 g/mol. The number of unbranched alkanes of at least 4 members (excludes halogenated alkanes) is 18.